The smallest absolute Gasteiger partial charge is 0.141 e. The van der Waals surface area contributed by atoms with Gasteiger partial charge in [0, 0.05) is 21.3 Å². The summed E-state index contributed by atoms with van der Waals surface area (Å²) in [6, 6.07) is 12.3. The lowest BCUT2D eigenvalue weighted by Crippen LogP contribution is -2.09. The predicted molar refractivity (Wildman–Crippen MR) is 74.8 cm³/mol. The summed E-state index contributed by atoms with van der Waals surface area (Å²) in [5.41, 5.74) is 1.21. The van der Waals surface area contributed by atoms with E-state index in [9.17, 15) is 9.65 Å². The van der Waals surface area contributed by atoms with Crippen molar-refractivity contribution >= 4 is 28.9 Å². The Balaban J connectivity index is 2.28. The molecule has 0 aromatic heterocycles. The third-order valence-corrected chi connectivity index (χ3v) is 3.10. The number of benzene rings is 2. The molecule has 1 unspecified atom stereocenters. The molecule has 0 aliphatic rings. The monoisotopic (exact) mass is 294 g/mol. The van der Waals surface area contributed by atoms with Crippen molar-refractivity contribution < 1.29 is 4.39 Å². The Morgan fingerprint density at radius 1 is 1.16 bits per heavy atom. The average molecular weight is 295 g/mol. The van der Waals surface area contributed by atoms with E-state index in [-0.39, 0.29) is 5.02 Å². The van der Waals surface area contributed by atoms with Crippen molar-refractivity contribution in [3.63, 3.8) is 0 Å². The standard InChI is InChI=1S/C14H9Cl2FN2/c15-9-2-1-3-11(6-9)19-14(8-18)12-5-4-10(17)7-13(12)16/h1-7,14,19H. The molecular weight excluding hydrogens is 286 g/mol. The highest BCUT2D eigenvalue weighted by atomic mass is 35.5. The van der Waals surface area contributed by atoms with Crippen LogP contribution in [0.3, 0.4) is 0 Å². The summed E-state index contributed by atoms with van der Waals surface area (Å²) in [6.45, 7) is 0. The molecular formula is C14H9Cl2FN2. The molecule has 0 aliphatic heterocycles. The van der Waals surface area contributed by atoms with Crippen LogP contribution < -0.4 is 5.32 Å². The van der Waals surface area contributed by atoms with Gasteiger partial charge in [0.15, 0.2) is 0 Å². The van der Waals surface area contributed by atoms with E-state index >= 15 is 0 Å². The summed E-state index contributed by atoms with van der Waals surface area (Å²) >= 11 is 11.8. The Morgan fingerprint density at radius 2 is 1.95 bits per heavy atom. The number of nitriles is 1. The first-order valence-corrected chi connectivity index (χ1v) is 6.22. The van der Waals surface area contributed by atoms with E-state index in [0.717, 1.165) is 0 Å². The van der Waals surface area contributed by atoms with Gasteiger partial charge in [-0.15, -0.1) is 0 Å². The van der Waals surface area contributed by atoms with Gasteiger partial charge in [0.05, 0.1) is 6.07 Å². The average Bonchev–Trinajstić information content (AvgIpc) is 2.37. The van der Waals surface area contributed by atoms with Crippen LogP contribution in [0.5, 0.6) is 0 Å². The summed E-state index contributed by atoms with van der Waals surface area (Å²) < 4.78 is 13.0. The highest BCUT2D eigenvalue weighted by Gasteiger charge is 2.14. The summed E-state index contributed by atoms with van der Waals surface area (Å²) in [5, 5.41) is 13.0. The topological polar surface area (TPSA) is 35.8 Å². The van der Waals surface area contributed by atoms with Crippen LogP contribution in [0.15, 0.2) is 42.5 Å². The van der Waals surface area contributed by atoms with Crippen LogP contribution >= 0.6 is 23.2 Å². The predicted octanol–water partition coefficient (Wildman–Crippen LogP) is 4.81. The molecule has 0 amide bonds. The molecule has 0 heterocycles. The van der Waals surface area contributed by atoms with Crippen LogP contribution in [0.4, 0.5) is 10.1 Å². The van der Waals surface area contributed by atoms with Crippen molar-refractivity contribution in [3.05, 3.63) is 63.9 Å². The van der Waals surface area contributed by atoms with Gasteiger partial charge in [0.25, 0.3) is 0 Å². The van der Waals surface area contributed by atoms with E-state index in [1.807, 2.05) is 0 Å². The van der Waals surface area contributed by atoms with Gasteiger partial charge in [-0.05, 0) is 30.3 Å². The van der Waals surface area contributed by atoms with E-state index in [0.29, 0.717) is 16.3 Å². The van der Waals surface area contributed by atoms with Gasteiger partial charge < -0.3 is 5.32 Å². The van der Waals surface area contributed by atoms with Crippen LogP contribution in [0.25, 0.3) is 0 Å². The lowest BCUT2D eigenvalue weighted by atomic mass is 10.1. The molecule has 0 aliphatic carbocycles. The fourth-order valence-electron chi connectivity index (χ4n) is 1.66. The molecule has 1 atom stereocenters. The van der Waals surface area contributed by atoms with Crippen LogP contribution in [0, 0.1) is 17.1 Å². The van der Waals surface area contributed by atoms with Crippen molar-refractivity contribution in [1.29, 1.82) is 5.26 Å². The third-order valence-electron chi connectivity index (χ3n) is 2.54. The molecule has 2 aromatic carbocycles. The molecule has 1 N–H and O–H groups in total. The van der Waals surface area contributed by atoms with Gasteiger partial charge in [-0.2, -0.15) is 5.26 Å². The van der Waals surface area contributed by atoms with E-state index in [1.165, 1.54) is 18.2 Å². The number of rotatable bonds is 3. The Hall–Kier alpha value is -1.76. The molecule has 0 spiro atoms. The number of nitrogens with zero attached hydrogens (tertiary/aromatic N) is 1. The van der Waals surface area contributed by atoms with Gasteiger partial charge in [-0.25, -0.2) is 4.39 Å². The molecule has 0 saturated heterocycles. The largest absolute Gasteiger partial charge is 0.366 e. The zero-order valence-electron chi connectivity index (χ0n) is 9.70. The highest BCUT2D eigenvalue weighted by molar-refractivity contribution is 6.31. The second-order valence-electron chi connectivity index (χ2n) is 3.88. The van der Waals surface area contributed by atoms with Crippen molar-refractivity contribution in [1.82, 2.24) is 0 Å². The van der Waals surface area contributed by atoms with Crippen LogP contribution in [-0.4, -0.2) is 0 Å². The summed E-state index contributed by atoms with van der Waals surface area (Å²) in [7, 11) is 0. The first kappa shape index (κ1) is 13.7. The van der Waals surface area contributed by atoms with Gasteiger partial charge in [-0.1, -0.05) is 35.3 Å². The van der Waals surface area contributed by atoms with Crippen molar-refractivity contribution in [2.45, 2.75) is 6.04 Å². The van der Waals surface area contributed by atoms with Gasteiger partial charge in [0.2, 0.25) is 0 Å². The minimum absolute atomic E-state index is 0.209. The molecule has 0 radical (unpaired) electrons. The minimum atomic E-state index is -0.674. The fourth-order valence-corrected chi connectivity index (χ4v) is 2.13. The first-order valence-electron chi connectivity index (χ1n) is 5.47. The van der Waals surface area contributed by atoms with E-state index in [4.69, 9.17) is 23.2 Å². The summed E-state index contributed by atoms with van der Waals surface area (Å²) in [5.74, 6) is -0.437. The maximum atomic E-state index is 13.0. The number of nitrogens with one attached hydrogen (secondary N) is 1. The maximum Gasteiger partial charge on any atom is 0.141 e. The Labute approximate surface area is 120 Å². The number of halogens is 3. The number of hydrogen-bond acceptors (Lipinski definition) is 2. The maximum absolute atomic E-state index is 13.0. The SMILES string of the molecule is N#CC(Nc1cccc(Cl)c1)c1ccc(F)cc1Cl. The molecule has 2 rings (SSSR count). The fraction of sp³-hybridized carbons (Fsp3) is 0.0714. The van der Waals surface area contributed by atoms with Crippen molar-refractivity contribution in [3.8, 4) is 6.07 Å². The second-order valence-corrected chi connectivity index (χ2v) is 4.73. The zero-order chi connectivity index (χ0) is 13.8. The molecule has 0 bridgehead atoms. The second kappa shape index (κ2) is 5.92. The third kappa shape index (κ3) is 3.37. The van der Waals surface area contributed by atoms with Crippen LogP contribution in [0.2, 0.25) is 10.0 Å². The first-order chi connectivity index (χ1) is 9.10. The Kier molecular flexibility index (Phi) is 4.26. The van der Waals surface area contributed by atoms with Crippen molar-refractivity contribution in [2.75, 3.05) is 5.32 Å². The quantitative estimate of drug-likeness (QED) is 0.882. The van der Waals surface area contributed by atoms with E-state index in [1.54, 1.807) is 24.3 Å². The Bertz CT molecular complexity index is 638. The van der Waals surface area contributed by atoms with Crippen molar-refractivity contribution in [2.24, 2.45) is 0 Å². The van der Waals surface area contributed by atoms with Gasteiger partial charge in [0.1, 0.15) is 11.9 Å². The molecule has 0 saturated carbocycles. The molecule has 5 heteroatoms. The van der Waals surface area contributed by atoms with E-state index in [2.05, 4.69) is 11.4 Å². The molecule has 19 heavy (non-hydrogen) atoms. The van der Waals surface area contributed by atoms with Gasteiger partial charge >= 0.3 is 0 Å². The lowest BCUT2D eigenvalue weighted by molar-refractivity contribution is 0.627. The Morgan fingerprint density at radius 3 is 2.58 bits per heavy atom. The zero-order valence-corrected chi connectivity index (χ0v) is 11.2. The molecule has 2 nitrogen and oxygen atoms in total. The van der Waals surface area contributed by atoms with Crippen LogP contribution in [0.1, 0.15) is 11.6 Å². The molecule has 96 valence electrons. The highest BCUT2D eigenvalue weighted by Crippen LogP contribution is 2.27. The number of anilines is 1. The normalized spacial score (nSPS) is 11.7. The lowest BCUT2D eigenvalue weighted by Gasteiger charge is -2.14. The summed E-state index contributed by atoms with van der Waals surface area (Å²) in [6.07, 6.45) is 0. The van der Waals surface area contributed by atoms with Crippen LogP contribution in [-0.2, 0) is 0 Å². The molecule has 2 aromatic rings. The van der Waals surface area contributed by atoms with Gasteiger partial charge in [-0.3, -0.25) is 0 Å². The summed E-state index contributed by atoms with van der Waals surface area (Å²) in [4.78, 5) is 0. The minimum Gasteiger partial charge on any atom is -0.366 e. The number of hydrogen-bond donors (Lipinski definition) is 1. The van der Waals surface area contributed by atoms with E-state index < -0.39 is 11.9 Å². The molecule has 0 fully saturated rings.